The Morgan fingerprint density at radius 1 is 1.13 bits per heavy atom. The van der Waals surface area contributed by atoms with E-state index in [4.69, 9.17) is 21.1 Å². The summed E-state index contributed by atoms with van der Waals surface area (Å²) in [5, 5.41) is 8.56. The minimum atomic E-state index is -0.127. The second-order valence-electron chi connectivity index (χ2n) is 8.90. The average Bonchev–Trinajstić information content (AvgIpc) is 3.60. The summed E-state index contributed by atoms with van der Waals surface area (Å²) in [6.45, 7) is 4.83. The summed E-state index contributed by atoms with van der Waals surface area (Å²) in [6.07, 6.45) is 5.16. The van der Waals surface area contributed by atoms with Crippen molar-refractivity contribution in [1.29, 1.82) is 0 Å². The number of pyridine rings is 1. The number of Topliss-reactive ketones (excluding diaryl/α,β-unsaturated/α-hetero) is 1. The van der Waals surface area contributed by atoms with Crippen molar-refractivity contribution >= 4 is 28.7 Å². The maximum Gasteiger partial charge on any atom is 0.255 e. The number of aryl methyl sites for hydroxylation is 1. The Hall–Kier alpha value is -3.31. The quantitative estimate of drug-likeness (QED) is 0.204. The number of carbonyl (C=O) groups is 1. The van der Waals surface area contributed by atoms with Gasteiger partial charge >= 0.3 is 0 Å². The maximum absolute atomic E-state index is 12.5. The Kier molecular flexibility index (Phi) is 8.65. The Morgan fingerprint density at radius 2 is 2.00 bits per heavy atom. The number of thiophene rings is 1. The van der Waals surface area contributed by atoms with Gasteiger partial charge in [-0.1, -0.05) is 22.9 Å². The van der Waals surface area contributed by atoms with Crippen LogP contribution in [-0.2, 0) is 11.2 Å². The van der Waals surface area contributed by atoms with Crippen LogP contribution in [0.1, 0.15) is 28.2 Å². The van der Waals surface area contributed by atoms with Gasteiger partial charge in [-0.05, 0) is 36.8 Å². The van der Waals surface area contributed by atoms with Crippen LogP contribution in [0.25, 0.3) is 11.4 Å². The van der Waals surface area contributed by atoms with E-state index in [1.807, 2.05) is 24.3 Å². The van der Waals surface area contributed by atoms with E-state index in [-0.39, 0.29) is 11.3 Å². The molecule has 0 saturated carbocycles. The SMILES string of the molecule is O=C(CCc1cn(-c2ccc(-n3ccccc3=O)cc2OCCCN2CCOCC2)nn1)c1ccc(Cl)s1. The summed E-state index contributed by atoms with van der Waals surface area (Å²) >= 11 is 7.23. The highest BCUT2D eigenvalue weighted by Gasteiger charge is 2.15. The van der Waals surface area contributed by atoms with Crippen LogP contribution in [0.4, 0.5) is 0 Å². The zero-order valence-corrected chi connectivity index (χ0v) is 22.4. The molecule has 198 valence electrons. The second-order valence-corrected chi connectivity index (χ2v) is 10.6. The fourth-order valence-electron chi connectivity index (χ4n) is 4.25. The predicted octanol–water partition coefficient (Wildman–Crippen LogP) is 4.05. The van der Waals surface area contributed by atoms with Gasteiger partial charge in [0.1, 0.15) is 11.4 Å². The van der Waals surface area contributed by atoms with Crippen molar-refractivity contribution in [2.24, 2.45) is 0 Å². The number of ether oxygens (including phenoxy) is 2. The first-order chi connectivity index (χ1) is 18.6. The summed E-state index contributed by atoms with van der Waals surface area (Å²) in [7, 11) is 0. The van der Waals surface area contributed by atoms with E-state index < -0.39 is 0 Å². The van der Waals surface area contributed by atoms with Crippen molar-refractivity contribution in [2.75, 3.05) is 39.5 Å². The van der Waals surface area contributed by atoms with Crippen LogP contribution >= 0.6 is 22.9 Å². The third kappa shape index (κ3) is 6.57. The van der Waals surface area contributed by atoms with Gasteiger partial charge in [0.25, 0.3) is 5.56 Å². The van der Waals surface area contributed by atoms with Gasteiger partial charge in [-0.25, -0.2) is 4.68 Å². The third-order valence-electron chi connectivity index (χ3n) is 6.27. The lowest BCUT2D eigenvalue weighted by atomic mass is 10.1. The normalized spacial score (nSPS) is 14.0. The van der Waals surface area contributed by atoms with Crippen LogP contribution in [0.3, 0.4) is 0 Å². The number of ketones is 1. The van der Waals surface area contributed by atoms with E-state index in [1.165, 1.54) is 17.4 Å². The number of benzene rings is 1. The Bertz CT molecular complexity index is 1440. The second kappa shape index (κ2) is 12.5. The first kappa shape index (κ1) is 26.3. The number of halogens is 1. The van der Waals surface area contributed by atoms with Gasteiger partial charge in [-0.3, -0.25) is 19.1 Å². The topological polar surface area (TPSA) is 91.5 Å². The monoisotopic (exact) mass is 553 g/mol. The zero-order valence-electron chi connectivity index (χ0n) is 20.8. The molecule has 0 bridgehead atoms. The molecule has 0 spiro atoms. The van der Waals surface area contributed by atoms with Crippen LogP contribution < -0.4 is 10.3 Å². The predicted molar refractivity (Wildman–Crippen MR) is 146 cm³/mol. The zero-order chi connectivity index (χ0) is 26.3. The first-order valence-corrected chi connectivity index (χ1v) is 13.7. The molecule has 1 aliphatic heterocycles. The largest absolute Gasteiger partial charge is 0.491 e. The van der Waals surface area contributed by atoms with Crippen molar-refractivity contribution < 1.29 is 14.3 Å². The molecule has 0 atom stereocenters. The molecule has 11 heteroatoms. The Balaban J connectivity index is 1.31. The Morgan fingerprint density at radius 3 is 2.79 bits per heavy atom. The van der Waals surface area contributed by atoms with Gasteiger partial charge in [0.15, 0.2) is 5.78 Å². The molecule has 1 fully saturated rings. The standard InChI is InChI=1S/C27H28ClN5O4S/c28-26-10-9-25(38-26)23(34)8-5-20-19-33(30-29-20)22-7-6-21(32-12-2-1-4-27(32)35)18-24(22)37-15-3-11-31-13-16-36-17-14-31/h1-2,4,6-7,9-10,12,18-19H,3,5,8,11,13-17H2. The van der Waals surface area contributed by atoms with E-state index in [1.54, 1.807) is 39.8 Å². The summed E-state index contributed by atoms with van der Waals surface area (Å²) < 4.78 is 15.5. The van der Waals surface area contributed by atoms with Crippen molar-refractivity contribution in [3.63, 3.8) is 0 Å². The highest BCUT2D eigenvalue weighted by molar-refractivity contribution is 7.18. The number of hydrogen-bond acceptors (Lipinski definition) is 8. The fraction of sp³-hybridized carbons (Fsp3) is 0.333. The van der Waals surface area contributed by atoms with E-state index >= 15 is 0 Å². The van der Waals surface area contributed by atoms with Crippen LogP contribution in [0.2, 0.25) is 4.34 Å². The minimum absolute atomic E-state index is 0.0263. The third-order valence-corrected chi connectivity index (χ3v) is 7.54. The molecule has 1 aromatic carbocycles. The van der Waals surface area contributed by atoms with Crippen LogP contribution in [0.15, 0.2) is 65.7 Å². The molecular weight excluding hydrogens is 526 g/mol. The lowest BCUT2D eigenvalue weighted by Crippen LogP contribution is -2.37. The minimum Gasteiger partial charge on any atom is -0.491 e. The van der Waals surface area contributed by atoms with Gasteiger partial charge in [0.2, 0.25) is 0 Å². The molecule has 1 saturated heterocycles. The molecule has 0 unspecified atom stereocenters. The van der Waals surface area contributed by atoms with Gasteiger partial charge in [0, 0.05) is 50.8 Å². The van der Waals surface area contributed by atoms with Crippen LogP contribution in [0.5, 0.6) is 5.75 Å². The van der Waals surface area contributed by atoms with Crippen molar-refractivity contribution in [3.8, 4) is 17.1 Å². The molecule has 4 aromatic rings. The van der Waals surface area contributed by atoms with Crippen LogP contribution in [-0.4, -0.2) is 69.7 Å². The van der Waals surface area contributed by atoms with Gasteiger partial charge in [0.05, 0.1) is 46.6 Å². The number of aromatic nitrogens is 4. The maximum atomic E-state index is 12.5. The molecule has 0 N–H and O–H groups in total. The molecule has 0 amide bonds. The molecule has 3 aromatic heterocycles. The highest BCUT2D eigenvalue weighted by atomic mass is 35.5. The number of rotatable bonds is 11. The molecule has 0 radical (unpaired) electrons. The summed E-state index contributed by atoms with van der Waals surface area (Å²) in [5.41, 5.74) is 1.98. The summed E-state index contributed by atoms with van der Waals surface area (Å²) in [6, 6.07) is 14.1. The molecule has 0 aliphatic carbocycles. The molecule has 9 nitrogen and oxygen atoms in total. The fourth-order valence-corrected chi connectivity index (χ4v) is 5.26. The van der Waals surface area contributed by atoms with Crippen molar-refractivity contribution in [2.45, 2.75) is 19.3 Å². The number of hydrogen-bond donors (Lipinski definition) is 0. The number of morpholine rings is 1. The lowest BCUT2D eigenvalue weighted by molar-refractivity contribution is 0.0358. The number of carbonyl (C=O) groups excluding carboxylic acids is 1. The lowest BCUT2D eigenvalue weighted by Gasteiger charge is -2.26. The van der Waals surface area contributed by atoms with Gasteiger partial charge < -0.3 is 9.47 Å². The Labute approximate surface area is 229 Å². The van der Waals surface area contributed by atoms with Crippen LogP contribution in [0, 0.1) is 0 Å². The summed E-state index contributed by atoms with van der Waals surface area (Å²) in [5.74, 6) is 0.624. The van der Waals surface area contributed by atoms with Crippen molar-refractivity contribution in [3.05, 3.63) is 86.2 Å². The number of nitrogens with zero attached hydrogens (tertiary/aromatic N) is 5. The molecule has 38 heavy (non-hydrogen) atoms. The summed E-state index contributed by atoms with van der Waals surface area (Å²) in [4.78, 5) is 27.9. The van der Waals surface area contributed by atoms with Gasteiger partial charge in [-0.2, -0.15) is 0 Å². The molecule has 5 rings (SSSR count). The molecule has 4 heterocycles. The van der Waals surface area contributed by atoms with Gasteiger partial charge in [-0.15, -0.1) is 16.4 Å². The van der Waals surface area contributed by atoms with Crippen molar-refractivity contribution in [1.82, 2.24) is 24.5 Å². The molecular formula is C27H28ClN5O4S. The van der Waals surface area contributed by atoms with E-state index in [9.17, 15) is 9.59 Å². The molecule has 1 aliphatic rings. The van der Waals surface area contributed by atoms with E-state index in [0.29, 0.717) is 51.5 Å². The van der Waals surface area contributed by atoms with E-state index in [2.05, 4.69) is 15.2 Å². The average molecular weight is 554 g/mol. The highest BCUT2D eigenvalue weighted by Crippen LogP contribution is 2.27. The van der Waals surface area contributed by atoms with E-state index in [0.717, 1.165) is 39.3 Å². The first-order valence-electron chi connectivity index (χ1n) is 12.5. The smallest absolute Gasteiger partial charge is 0.255 e.